The van der Waals surface area contributed by atoms with Crippen LogP contribution in [0.1, 0.15) is 6.92 Å². The second-order valence-electron chi connectivity index (χ2n) is 3.32. The Morgan fingerprint density at radius 3 is 3.00 bits per heavy atom. The summed E-state index contributed by atoms with van der Waals surface area (Å²) in [6.45, 7) is 2.46. The average Bonchev–Trinajstić information content (AvgIpc) is 2.24. The molecule has 1 rings (SSSR count). The summed E-state index contributed by atoms with van der Waals surface area (Å²) in [7, 11) is 0. The number of rotatable bonds is 6. The molecule has 1 atom stereocenters. The highest BCUT2D eigenvalue weighted by atomic mass is 35.5. The average molecular weight is 244 g/mol. The molecule has 0 unspecified atom stereocenters. The summed E-state index contributed by atoms with van der Waals surface area (Å²) in [5, 5.41) is 12.0. The van der Waals surface area contributed by atoms with Crippen molar-refractivity contribution >= 4 is 17.6 Å². The predicted molar refractivity (Wildman–Crippen MR) is 62.0 cm³/mol. The molecular formula is C11H14ClNO3. The van der Waals surface area contributed by atoms with E-state index >= 15 is 0 Å². The second-order valence-corrected chi connectivity index (χ2v) is 3.76. The van der Waals surface area contributed by atoms with Crippen LogP contribution in [-0.2, 0) is 4.79 Å². The molecule has 2 N–H and O–H groups in total. The zero-order valence-corrected chi connectivity index (χ0v) is 9.70. The lowest BCUT2D eigenvalue weighted by Gasteiger charge is -2.10. The van der Waals surface area contributed by atoms with Crippen LogP contribution in [-0.4, -0.2) is 30.3 Å². The Hall–Kier alpha value is -1.26. The van der Waals surface area contributed by atoms with E-state index in [-0.39, 0.29) is 0 Å². The number of carboxylic acid groups (broad SMARTS) is 1. The van der Waals surface area contributed by atoms with Crippen molar-refractivity contribution in [2.45, 2.75) is 13.0 Å². The molecule has 1 aromatic carbocycles. The molecule has 5 heteroatoms. The van der Waals surface area contributed by atoms with Gasteiger partial charge in [-0.3, -0.25) is 4.79 Å². The Labute approximate surface area is 99.2 Å². The van der Waals surface area contributed by atoms with Crippen molar-refractivity contribution in [3.63, 3.8) is 0 Å². The van der Waals surface area contributed by atoms with E-state index < -0.39 is 12.0 Å². The molecule has 0 radical (unpaired) electrons. The summed E-state index contributed by atoms with van der Waals surface area (Å²) in [5.74, 6) is -0.194. The summed E-state index contributed by atoms with van der Waals surface area (Å²) in [5.41, 5.74) is 0. The first-order valence-electron chi connectivity index (χ1n) is 4.94. The quantitative estimate of drug-likeness (QED) is 0.748. The smallest absolute Gasteiger partial charge is 0.320 e. The summed E-state index contributed by atoms with van der Waals surface area (Å²) < 4.78 is 5.38. The van der Waals surface area contributed by atoms with Gasteiger partial charge in [-0.15, -0.1) is 0 Å². The topological polar surface area (TPSA) is 58.6 Å². The fourth-order valence-electron chi connectivity index (χ4n) is 1.09. The first kappa shape index (κ1) is 12.8. The van der Waals surface area contributed by atoms with Crippen LogP contribution in [0.3, 0.4) is 0 Å². The van der Waals surface area contributed by atoms with E-state index in [0.29, 0.717) is 23.9 Å². The van der Waals surface area contributed by atoms with Crippen LogP contribution in [0.15, 0.2) is 24.3 Å². The molecule has 16 heavy (non-hydrogen) atoms. The van der Waals surface area contributed by atoms with Crippen LogP contribution in [0.5, 0.6) is 5.75 Å². The van der Waals surface area contributed by atoms with Crippen LogP contribution in [0.4, 0.5) is 0 Å². The minimum Gasteiger partial charge on any atom is -0.492 e. The van der Waals surface area contributed by atoms with Gasteiger partial charge in [0.2, 0.25) is 0 Å². The number of aliphatic carboxylic acids is 1. The summed E-state index contributed by atoms with van der Waals surface area (Å²) in [6.07, 6.45) is 0. The molecule has 0 spiro atoms. The molecular weight excluding hydrogens is 230 g/mol. The Bertz CT molecular complexity index is 357. The van der Waals surface area contributed by atoms with Gasteiger partial charge in [0.1, 0.15) is 18.4 Å². The van der Waals surface area contributed by atoms with Gasteiger partial charge in [-0.25, -0.2) is 0 Å². The van der Waals surface area contributed by atoms with Gasteiger partial charge in [0, 0.05) is 11.6 Å². The Morgan fingerprint density at radius 1 is 1.62 bits per heavy atom. The number of ether oxygens (including phenoxy) is 1. The number of nitrogens with one attached hydrogen (secondary N) is 1. The third kappa shape index (κ3) is 4.51. The summed E-state index contributed by atoms with van der Waals surface area (Å²) in [4.78, 5) is 10.5. The van der Waals surface area contributed by atoms with Gasteiger partial charge in [0.15, 0.2) is 0 Å². The molecule has 1 aromatic rings. The minimum absolute atomic E-state index is 0.401. The Kier molecular flexibility index (Phi) is 5.08. The van der Waals surface area contributed by atoms with Crippen LogP contribution in [0.2, 0.25) is 5.02 Å². The highest BCUT2D eigenvalue weighted by molar-refractivity contribution is 6.30. The van der Waals surface area contributed by atoms with Crippen molar-refractivity contribution < 1.29 is 14.6 Å². The zero-order valence-electron chi connectivity index (χ0n) is 8.94. The molecule has 88 valence electrons. The number of benzene rings is 1. The summed E-state index contributed by atoms with van der Waals surface area (Å²) in [6, 6.07) is 6.50. The van der Waals surface area contributed by atoms with E-state index in [4.69, 9.17) is 21.4 Å². The highest BCUT2D eigenvalue weighted by Gasteiger charge is 2.08. The van der Waals surface area contributed by atoms with Gasteiger partial charge in [0.05, 0.1) is 0 Å². The van der Waals surface area contributed by atoms with Gasteiger partial charge in [-0.2, -0.15) is 0 Å². The van der Waals surface area contributed by atoms with Crippen LogP contribution in [0, 0.1) is 0 Å². The SMILES string of the molecule is C[C@@H](NCCOc1cccc(Cl)c1)C(=O)O. The van der Waals surface area contributed by atoms with E-state index in [1.807, 2.05) is 0 Å². The number of carboxylic acids is 1. The van der Waals surface area contributed by atoms with Crippen molar-refractivity contribution in [3.8, 4) is 5.75 Å². The first-order valence-corrected chi connectivity index (χ1v) is 5.32. The van der Waals surface area contributed by atoms with E-state index in [1.54, 1.807) is 31.2 Å². The molecule has 0 bridgehead atoms. The molecule has 0 fully saturated rings. The van der Waals surface area contributed by atoms with Crippen molar-refractivity contribution in [2.75, 3.05) is 13.2 Å². The molecule has 0 aliphatic rings. The van der Waals surface area contributed by atoms with Gasteiger partial charge < -0.3 is 15.2 Å². The van der Waals surface area contributed by atoms with Crippen molar-refractivity contribution in [3.05, 3.63) is 29.3 Å². The maximum absolute atomic E-state index is 10.5. The van der Waals surface area contributed by atoms with E-state index in [2.05, 4.69) is 5.32 Å². The van der Waals surface area contributed by atoms with Crippen LogP contribution in [0.25, 0.3) is 0 Å². The van der Waals surface area contributed by atoms with Crippen molar-refractivity contribution in [1.29, 1.82) is 0 Å². The number of hydrogen-bond acceptors (Lipinski definition) is 3. The molecule has 0 amide bonds. The number of hydrogen-bond donors (Lipinski definition) is 2. The fourth-order valence-corrected chi connectivity index (χ4v) is 1.27. The Morgan fingerprint density at radius 2 is 2.38 bits per heavy atom. The standard InChI is InChI=1S/C11H14ClNO3/c1-8(11(14)15)13-5-6-16-10-4-2-3-9(12)7-10/h2-4,7-8,13H,5-6H2,1H3,(H,14,15)/t8-/m1/s1. The molecule has 0 aliphatic heterocycles. The molecule has 0 saturated carbocycles. The monoisotopic (exact) mass is 243 g/mol. The first-order chi connectivity index (χ1) is 7.59. The van der Waals surface area contributed by atoms with E-state index in [9.17, 15) is 4.79 Å². The number of halogens is 1. The van der Waals surface area contributed by atoms with Crippen molar-refractivity contribution in [2.24, 2.45) is 0 Å². The van der Waals surface area contributed by atoms with Gasteiger partial charge in [-0.05, 0) is 25.1 Å². The van der Waals surface area contributed by atoms with Crippen molar-refractivity contribution in [1.82, 2.24) is 5.32 Å². The predicted octanol–water partition coefficient (Wildman–Crippen LogP) is 1.78. The number of carbonyl (C=O) groups is 1. The minimum atomic E-state index is -0.872. The maximum Gasteiger partial charge on any atom is 0.320 e. The third-order valence-electron chi connectivity index (χ3n) is 1.99. The lowest BCUT2D eigenvalue weighted by molar-refractivity contribution is -0.139. The van der Waals surface area contributed by atoms with Gasteiger partial charge in [0.25, 0.3) is 0 Å². The Balaban J connectivity index is 2.23. The zero-order chi connectivity index (χ0) is 12.0. The van der Waals surface area contributed by atoms with Crippen LogP contribution < -0.4 is 10.1 Å². The van der Waals surface area contributed by atoms with E-state index in [0.717, 1.165) is 0 Å². The molecule has 0 aliphatic carbocycles. The lowest BCUT2D eigenvalue weighted by atomic mass is 10.3. The second kappa shape index (κ2) is 6.35. The highest BCUT2D eigenvalue weighted by Crippen LogP contribution is 2.16. The van der Waals surface area contributed by atoms with Gasteiger partial charge >= 0.3 is 5.97 Å². The summed E-state index contributed by atoms with van der Waals surface area (Å²) >= 11 is 5.78. The lowest BCUT2D eigenvalue weighted by Crippen LogP contribution is -2.36. The normalized spacial score (nSPS) is 12.1. The van der Waals surface area contributed by atoms with Crippen LogP contribution >= 0.6 is 11.6 Å². The fraction of sp³-hybridized carbons (Fsp3) is 0.364. The molecule has 0 heterocycles. The molecule has 0 aromatic heterocycles. The largest absolute Gasteiger partial charge is 0.492 e. The molecule has 4 nitrogen and oxygen atoms in total. The molecule has 0 saturated heterocycles. The maximum atomic E-state index is 10.5. The van der Waals surface area contributed by atoms with Gasteiger partial charge in [-0.1, -0.05) is 17.7 Å². The third-order valence-corrected chi connectivity index (χ3v) is 2.22. The van der Waals surface area contributed by atoms with E-state index in [1.165, 1.54) is 0 Å².